The van der Waals surface area contributed by atoms with Gasteiger partial charge in [-0.05, 0) is 50.4 Å². The number of hydrogen-bond donors (Lipinski definition) is 2. The van der Waals surface area contributed by atoms with Gasteiger partial charge in [-0.25, -0.2) is 4.99 Å². The third kappa shape index (κ3) is 8.25. The molecule has 1 saturated heterocycles. The van der Waals surface area contributed by atoms with Crippen LogP contribution in [-0.2, 0) is 12.7 Å². The van der Waals surface area contributed by atoms with Crippen LogP contribution >= 0.6 is 24.0 Å². The molecule has 0 saturated carbocycles. The first-order chi connectivity index (χ1) is 12.4. The average Bonchev–Trinajstić information content (AvgIpc) is 2.61. The topological polar surface area (TPSA) is 39.7 Å². The fourth-order valence-corrected chi connectivity index (χ4v) is 3.15. The summed E-state index contributed by atoms with van der Waals surface area (Å²) in [5.74, 6) is 0.666. The number of benzene rings is 1. The molecule has 8 heteroatoms. The Kier molecular flexibility index (Phi) is 10.4. The minimum atomic E-state index is -4.32. The van der Waals surface area contributed by atoms with Crippen LogP contribution in [0.25, 0.3) is 0 Å². The highest BCUT2D eigenvalue weighted by molar-refractivity contribution is 14.0. The minimum absolute atomic E-state index is 0. The van der Waals surface area contributed by atoms with Crippen molar-refractivity contribution in [1.82, 2.24) is 15.5 Å². The molecular formula is C19H30F3IN4. The summed E-state index contributed by atoms with van der Waals surface area (Å²) < 4.78 is 38.5. The third-order valence-electron chi connectivity index (χ3n) is 4.49. The lowest BCUT2D eigenvalue weighted by Gasteiger charge is -2.32. The molecule has 0 spiro atoms. The molecule has 0 radical (unpaired) electrons. The maximum absolute atomic E-state index is 12.8. The summed E-state index contributed by atoms with van der Waals surface area (Å²) in [5, 5.41) is 6.61. The molecule has 1 aromatic carbocycles. The molecule has 2 N–H and O–H groups in total. The summed E-state index contributed by atoms with van der Waals surface area (Å²) in [4.78, 5) is 6.93. The molecule has 4 nitrogen and oxygen atoms in total. The number of alkyl halides is 3. The van der Waals surface area contributed by atoms with Crippen LogP contribution in [0.4, 0.5) is 13.2 Å². The maximum atomic E-state index is 12.8. The molecule has 154 valence electrons. The SMILES string of the molecule is CCCN1CCC(NC(=NCc2cccc(C(F)(F)F)c2)NCC)CC1.I. The molecule has 0 bridgehead atoms. The van der Waals surface area contributed by atoms with Crippen LogP contribution < -0.4 is 10.6 Å². The fraction of sp³-hybridized carbons (Fsp3) is 0.632. The quantitative estimate of drug-likeness (QED) is 0.350. The summed E-state index contributed by atoms with van der Waals surface area (Å²) in [5.41, 5.74) is -0.0822. The molecule has 1 heterocycles. The van der Waals surface area contributed by atoms with E-state index in [0.29, 0.717) is 24.1 Å². The Bertz CT molecular complexity index is 585. The Labute approximate surface area is 177 Å². The highest BCUT2D eigenvalue weighted by atomic mass is 127. The molecule has 0 unspecified atom stereocenters. The largest absolute Gasteiger partial charge is 0.416 e. The van der Waals surface area contributed by atoms with Gasteiger partial charge in [-0.1, -0.05) is 19.1 Å². The van der Waals surface area contributed by atoms with E-state index in [2.05, 4.69) is 27.4 Å². The van der Waals surface area contributed by atoms with E-state index in [1.807, 2.05) is 6.92 Å². The normalized spacial score (nSPS) is 16.7. The van der Waals surface area contributed by atoms with Gasteiger partial charge in [0.05, 0.1) is 12.1 Å². The van der Waals surface area contributed by atoms with Crippen molar-refractivity contribution >= 4 is 29.9 Å². The molecule has 27 heavy (non-hydrogen) atoms. The van der Waals surface area contributed by atoms with Crippen molar-refractivity contribution in [1.29, 1.82) is 0 Å². The standard InChI is InChI=1S/C19H29F3N4.HI/c1-3-10-26-11-8-17(9-12-26)25-18(23-4-2)24-14-15-6-5-7-16(13-15)19(20,21)22;/h5-7,13,17H,3-4,8-12,14H2,1-2H3,(H2,23,24,25);1H. The molecule has 0 aromatic heterocycles. The molecule has 0 aliphatic carbocycles. The van der Waals surface area contributed by atoms with Crippen LogP contribution in [0.3, 0.4) is 0 Å². The molecular weight excluding hydrogens is 468 g/mol. The molecule has 0 amide bonds. The van der Waals surface area contributed by atoms with Crippen LogP contribution in [0.2, 0.25) is 0 Å². The summed E-state index contributed by atoms with van der Waals surface area (Å²) in [6.45, 7) is 8.36. The second-order valence-electron chi connectivity index (χ2n) is 6.65. The Balaban J connectivity index is 0.00000364. The van der Waals surface area contributed by atoms with Gasteiger partial charge >= 0.3 is 6.18 Å². The lowest BCUT2D eigenvalue weighted by Crippen LogP contribution is -2.48. The molecule has 1 aliphatic rings. The number of piperidine rings is 1. The van der Waals surface area contributed by atoms with Crippen LogP contribution in [0.15, 0.2) is 29.3 Å². The average molecular weight is 498 g/mol. The van der Waals surface area contributed by atoms with Crippen LogP contribution in [-0.4, -0.2) is 43.1 Å². The molecule has 0 atom stereocenters. The van der Waals surface area contributed by atoms with Gasteiger partial charge in [-0.3, -0.25) is 0 Å². The number of rotatable bonds is 6. The van der Waals surface area contributed by atoms with Gasteiger partial charge in [0.2, 0.25) is 0 Å². The summed E-state index contributed by atoms with van der Waals surface area (Å²) in [6.07, 6.45) is -1.06. The van der Waals surface area contributed by atoms with Crippen molar-refractivity contribution in [2.24, 2.45) is 4.99 Å². The van der Waals surface area contributed by atoms with Gasteiger partial charge in [0.1, 0.15) is 0 Å². The maximum Gasteiger partial charge on any atom is 0.416 e. The van der Waals surface area contributed by atoms with Crippen LogP contribution in [0.1, 0.15) is 44.2 Å². The highest BCUT2D eigenvalue weighted by Gasteiger charge is 2.30. The number of hydrogen-bond acceptors (Lipinski definition) is 2. The fourth-order valence-electron chi connectivity index (χ4n) is 3.15. The first-order valence-corrected chi connectivity index (χ1v) is 9.35. The second-order valence-corrected chi connectivity index (χ2v) is 6.65. The Hall–Kier alpha value is -1.03. The van der Waals surface area contributed by atoms with Gasteiger partial charge in [0.25, 0.3) is 0 Å². The lowest BCUT2D eigenvalue weighted by atomic mass is 10.1. The van der Waals surface area contributed by atoms with Crippen LogP contribution in [0.5, 0.6) is 0 Å². The van der Waals surface area contributed by atoms with E-state index in [1.165, 1.54) is 12.5 Å². The van der Waals surface area contributed by atoms with Crippen molar-refractivity contribution in [3.8, 4) is 0 Å². The molecule has 1 aromatic rings. The van der Waals surface area contributed by atoms with Gasteiger partial charge < -0.3 is 15.5 Å². The van der Waals surface area contributed by atoms with E-state index in [9.17, 15) is 13.2 Å². The number of halogens is 4. The lowest BCUT2D eigenvalue weighted by molar-refractivity contribution is -0.137. The first-order valence-electron chi connectivity index (χ1n) is 9.35. The predicted molar refractivity (Wildman–Crippen MR) is 115 cm³/mol. The Morgan fingerprint density at radius 3 is 2.52 bits per heavy atom. The van der Waals surface area contributed by atoms with E-state index in [0.717, 1.165) is 44.6 Å². The summed E-state index contributed by atoms with van der Waals surface area (Å²) in [6, 6.07) is 5.70. The number of nitrogens with one attached hydrogen (secondary N) is 2. The first kappa shape index (κ1) is 24.0. The number of likely N-dealkylation sites (tertiary alicyclic amines) is 1. The van der Waals surface area contributed by atoms with Crippen molar-refractivity contribution in [3.05, 3.63) is 35.4 Å². The number of nitrogens with zero attached hydrogens (tertiary/aromatic N) is 2. The Morgan fingerprint density at radius 2 is 1.93 bits per heavy atom. The molecule has 2 rings (SSSR count). The number of guanidine groups is 1. The summed E-state index contributed by atoms with van der Waals surface area (Å²) in [7, 11) is 0. The van der Waals surface area contributed by atoms with E-state index >= 15 is 0 Å². The van der Waals surface area contributed by atoms with E-state index < -0.39 is 11.7 Å². The zero-order valence-corrected chi connectivity index (χ0v) is 18.3. The van der Waals surface area contributed by atoms with Gasteiger partial charge in [-0.2, -0.15) is 13.2 Å². The Morgan fingerprint density at radius 1 is 1.22 bits per heavy atom. The van der Waals surface area contributed by atoms with Gasteiger partial charge in [0, 0.05) is 25.7 Å². The van der Waals surface area contributed by atoms with Crippen LogP contribution in [0, 0.1) is 0 Å². The van der Waals surface area contributed by atoms with E-state index in [4.69, 9.17) is 0 Å². The molecule has 1 aliphatic heterocycles. The van der Waals surface area contributed by atoms with Gasteiger partial charge in [-0.15, -0.1) is 24.0 Å². The highest BCUT2D eigenvalue weighted by Crippen LogP contribution is 2.29. The number of aliphatic imine (C=N–C) groups is 1. The minimum Gasteiger partial charge on any atom is -0.357 e. The van der Waals surface area contributed by atoms with Crippen molar-refractivity contribution in [3.63, 3.8) is 0 Å². The van der Waals surface area contributed by atoms with Crippen molar-refractivity contribution < 1.29 is 13.2 Å². The summed E-state index contributed by atoms with van der Waals surface area (Å²) >= 11 is 0. The predicted octanol–water partition coefficient (Wildman–Crippen LogP) is 4.25. The van der Waals surface area contributed by atoms with Crippen molar-refractivity contribution in [2.75, 3.05) is 26.2 Å². The zero-order valence-electron chi connectivity index (χ0n) is 16.0. The van der Waals surface area contributed by atoms with Crippen molar-refractivity contribution in [2.45, 2.75) is 51.9 Å². The zero-order chi connectivity index (χ0) is 19.0. The molecule has 1 fully saturated rings. The van der Waals surface area contributed by atoms with Gasteiger partial charge in [0.15, 0.2) is 5.96 Å². The smallest absolute Gasteiger partial charge is 0.357 e. The second kappa shape index (κ2) is 11.7. The monoisotopic (exact) mass is 498 g/mol. The van der Waals surface area contributed by atoms with E-state index in [1.54, 1.807) is 6.07 Å². The van der Waals surface area contributed by atoms with E-state index in [-0.39, 0.29) is 30.5 Å². The third-order valence-corrected chi connectivity index (χ3v) is 4.49.